The quantitative estimate of drug-likeness (QED) is 0.658. The maximum Gasteiger partial charge on any atom is 0.289 e. The first kappa shape index (κ1) is 16.5. The Morgan fingerprint density at radius 1 is 1.14 bits per heavy atom. The third-order valence-corrected chi connectivity index (χ3v) is 4.92. The fourth-order valence-electron chi connectivity index (χ4n) is 1.84. The van der Waals surface area contributed by atoms with Gasteiger partial charge in [-0.1, -0.05) is 23.2 Å². The first-order valence-electron chi connectivity index (χ1n) is 5.93. The zero-order valence-corrected chi connectivity index (χ0v) is 13.5. The van der Waals surface area contributed by atoms with E-state index in [4.69, 9.17) is 23.2 Å². The summed E-state index contributed by atoms with van der Waals surface area (Å²) in [5.41, 5.74) is 0.128. The molecule has 0 bridgehead atoms. The summed E-state index contributed by atoms with van der Waals surface area (Å²) < 4.78 is 27.0. The van der Waals surface area contributed by atoms with Crippen molar-refractivity contribution in [3.05, 3.63) is 62.1 Å². The number of sulfonamides is 1. The highest BCUT2D eigenvalue weighted by molar-refractivity contribution is 7.92. The molecule has 0 saturated carbocycles. The van der Waals surface area contributed by atoms with Gasteiger partial charge in [0, 0.05) is 11.1 Å². The SMILES string of the molecule is Cc1cc(Cl)ccc1S(=O)(=O)Nc1ccc(Cl)c([N+](=O)[O-])c1. The van der Waals surface area contributed by atoms with Crippen molar-refractivity contribution in [3.8, 4) is 0 Å². The van der Waals surface area contributed by atoms with Gasteiger partial charge in [0.05, 0.1) is 15.5 Å². The summed E-state index contributed by atoms with van der Waals surface area (Å²) in [4.78, 5) is 10.2. The molecule has 0 aliphatic heterocycles. The predicted octanol–water partition coefficient (Wildman–Crippen LogP) is 4.01. The summed E-state index contributed by atoms with van der Waals surface area (Å²) in [6, 6.07) is 7.99. The van der Waals surface area contributed by atoms with Gasteiger partial charge in [0.15, 0.2) is 0 Å². The zero-order chi connectivity index (χ0) is 16.5. The standard InChI is InChI=1S/C13H10Cl2N2O4S/c1-8-6-9(14)2-5-13(8)22(20,21)16-10-3-4-11(15)12(7-10)17(18)19/h2-7,16H,1H3. The number of halogens is 2. The van der Waals surface area contributed by atoms with E-state index in [9.17, 15) is 18.5 Å². The molecule has 22 heavy (non-hydrogen) atoms. The highest BCUT2D eigenvalue weighted by Crippen LogP contribution is 2.29. The van der Waals surface area contributed by atoms with Crippen LogP contribution in [0.2, 0.25) is 10.0 Å². The number of nitrogens with one attached hydrogen (secondary N) is 1. The average molecular weight is 361 g/mol. The van der Waals surface area contributed by atoms with Crippen molar-refractivity contribution in [2.45, 2.75) is 11.8 Å². The van der Waals surface area contributed by atoms with E-state index >= 15 is 0 Å². The number of hydrogen-bond acceptors (Lipinski definition) is 4. The molecule has 0 aromatic heterocycles. The predicted molar refractivity (Wildman–Crippen MR) is 85.1 cm³/mol. The molecule has 0 unspecified atom stereocenters. The molecule has 0 amide bonds. The summed E-state index contributed by atoms with van der Waals surface area (Å²) in [5.74, 6) is 0. The first-order valence-corrected chi connectivity index (χ1v) is 8.17. The van der Waals surface area contributed by atoms with E-state index in [1.165, 1.54) is 30.3 Å². The van der Waals surface area contributed by atoms with Crippen LogP contribution in [0.15, 0.2) is 41.3 Å². The minimum absolute atomic E-state index is 0.0366. The van der Waals surface area contributed by atoms with Gasteiger partial charge in [-0.2, -0.15) is 0 Å². The smallest absolute Gasteiger partial charge is 0.279 e. The van der Waals surface area contributed by atoms with Crippen LogP contribution in [0, 0.1) is 17.0 Å². The van der Waals surface area contributed by atoms with E-state index in [2.05, 4.69) is 4.72 Å². The Hall–Kier alpha value is -1.83. The Bertz CT molecular complexity index is 853. The average Bonchev–Trinajstić information content (AvgIpc) is 2.39. The van der Waals surface area contributed by atoms with Gasteiger partial charge in [0.25, 0.3) is 15.7 Å². The van der Waals surface area contributed by atoms with E-state index < -0.39 is 14.9 Å². The highest BCUT2D eigenvalue weighted by Gasteiger charge is 2.19. The van der Waals surface area contributed by atoms with Crippen molar-refractivity contribution in [3.63, 3.8) is 0 Å². The molecule has 2 rings (SSSR count). The summed E-state index contributed by atoms with van der Waals surface area (Å²) in [6.07, 6.45) is 0. The Morgan fingerprint density at radius 3 is 2.41 bits per heavy atom. The lowest BCUT2D eigenvalue weighted by molar-refractivity contribution is -0.384. The van der Waals surface area contributed by atoms with Crippen LogP contribution in [-0.4, -0.2) is 13.3 Å². The third kappa shape index (κ3) is 3.49. The van der Waals surface area contributed by atoms with Crippen molar-refractivity contribution in [1.82, 2.24) is 0 Å². The number of aryl methyl sites for hydroxylation is 1. The van der Waals surface area contributed by atoms with Crippen LogP contribution >= 0.6 is 23.2 Å². The molecular formula is C13H10Cl2N2O4S. The molecule has 1 N–H and O–H groups in total. The normalized spacial score (nSPS) is 11.2. The van der Waals surface area contributed by atoms with E-state index in [1.807, 2.05) is 0 Å². The minimum Gasteiger partial charge on any atom is -0.279 e. The first-order chi connectivity index (χ1) is 10.2. The van der Waals surface area contributed by atoms with Crippen LogP contribution < -0.4 is 4.72 Å². The summed E-state index contributed by atoms with van der Waals surface area (Å²) in [6.45, 7) is 1.60. The van der Waals surface area contributed by atoms with Crippen LogP contribution in [0.3, 0.4) is 0 Å². The molecule has 0 aliphatic rings. The fourth-order valence-corrected chi connectivity index (χ4v) is 3.53. The second-order valence-electron chi connectivity index (χ2n) is 4.44. The molecule has 9 heteroatoms. The van der Waals surface area contributed by atoms with Gasteiger partial charge >= 0.3 is 0 Å². The highest BCUT2D eigenvalue weighted by atomic mass is 35.5. The Labute approximate surface area is 136 Å². The van der Waals surface area contributed by atoms with Crippen LogP contribution in [-0.2, 0) is 10.0 Å². The maximum absolute atomic E-state index is 12.3. The second-order valence-corrected chi connectivity index (χ2v) is 6.93. The number of nitro benzene ring substituents is 1. The van der Waals surface area contributed by atoms with Crippen LogP contribution in [0.1, 0.15) is 5.56 Å². The van der Waals surface area contributed by atoms with Gasteiger partial charge in [0.1, 0.15) is 5.02 Å². The fraction of sp³-hybridized carbons (Fsp3) is 0.0769. The van der Waals surface area contributed by atoms with Gasteiger partial charge in [-0.05, 0) is 42.8 Å². The molecule has 0 saturated heterocycles. The molecule has 0 spiro atoms. The Balaban J connectivity index is 2.41. The third-order valence-electron chi connectivity index (χ3n) is 2.82. The summed E-state index contributed by atoms with van der Waals surface area (Å²) in [5, 5.41) is 11.2. The molecule has 0 aliphatic carbocycles. The van der Waals surface area contributed by atoms with Crippen molar-refractivity contribution in [1.29, 1.82) is 0 Å². The van der Waals surface area contributed by atoms with Crippen LogP contribution in [0.5, 0.6) is 0 Å². The number of rotatable bonds is 4. The van der Waals surface area contributed by atoms with Crippen LogP contribution in [0.4, 0.5) is 11.4 Å². The molecule has 116 valence electrons. The largest absolute Gasteiger partial charge is 0.289 e. The number of hydrogen-bond donors (Lipinski definition) is 1. The molecular weight excluding hydrogens is 351 g/mol. The molecule has 2 aromatic rings. The number of nitrogens with zero attached hydrogens (tertiary/aromatic N) is 1. The molecule has 0 fully saturated rings. The van der Waals surface area contributed by atoms with Gasteiger partial charge in [-0.25, -0.2) is 8.42 Å². The van der Waals surface area contributed by atoms with Crippen molar-refractivity contribution >= 4 is 44.6 Å². The summed E-state index contributed by atoms with van der Waals surface area (Å²) >= 11 is 11.5. The number of nitro groups is 1. The van der Waals surface area contributed by atoms with Gasteiger partial charge in [-0.3, -0.25) is 14.8 Å². The molecule has 0 radical (unpaired) electrons. The van der Waals surface area contributed by atoms with Gasteiger partial charge < -0.3 is 0 Å². The Morgan fingerprint density at radius 2 is 1.82 bits per heavy atom. The van der Waals surface area contributed by atoms with E-state index in [1.54, 1.807) is 6.92 Å². The van der Waals surface area contributed by atoms with Crippen molar-refractivity contribution in [2.24, 2.45) is 0 Å². The van der Waals surface area contributed by atoms with Crippen molar-refractivity contribution in [2.75, 3.05) is 4.72 Å². The van der Waals surface area contributed by atoms with E-state index in [-0.39, 0.29) is 21.3 Å². The molecule has 0 heterocycles. The second kappa shape index (κ2) is 6.12. The lowest BCUT2D eigenvalue weighted by Crippen LogP contribution is -2.14. The maximum atomic E-state index is 12.3. The van der Waals surface area contributed by atoms with Gasteiger partial charge in [-0.15, -0.1) is 0 Å². The lowest BCUT2D eigenvalue weighted by atomic mass is 10.2. The zero-order valence-electron chi connectivity index (χ0n) is 11.2. The molecule has 0 atom stereocenters. The monoisotopic (exact) mass is 360 g/mol. The minimum atomic E-state index is -3.89. The Kier molecular flexibility index (Phi) is 4.60. The summed E-state index contributed by atoms with van der Waals surface area (Å²) in [7, 11) is -3.89. The van der Waals surface area contributed by atoms with E-state index in [0.29, 0.717) is 10.6 Å². The number of anilines is 1. The number of benzene rings is 2. The van der Waals surface area contributed by atoms with E-state index in [0.717, 1.165) is 6.07 Å². The topological polar surface area (TPSA) is 89.3 Å². The van der Waals surface area contributed by atoms with Crippen molar-refractivity contribution < 1.29 is 13.3 Å². The van der Waals surface area contributed by atoms with Gasteiger partial charge in [0.2, 0.25) is 0 Å². The van der Waals surface area contributed by atoms with Crippen LogP contribution in [0.25, 0.3) is 0 Å². The lowest BCUT2D eigenvalue weighted by Gasteiger charge is -2.10. The molecule has 2 aromatic carbocycles. The molecule has 6 nitrogen and oxygen atoms in total.